The molecule has 0 radical (unpaired) electrons. The van der Waals surface area contributed by atoms with E-state index in [1.54, 1.807) is 6.20 Å². The number of aliphatic carboxylic acids is 1. The monoisotopic (exact) mass is 642 g/mol. The summed E-state index contributed by atoms with van der Waals surface area (Å²) in [7, 11) is 0. The Morgan fingerprint density at radius 2 is 1.51 bits per heavy atom. The van der Waals surface area contributed by atoms with Gasteiger partial charge >= 0.3 is 12.1 Å². The van der Waals surface area contributed by atoms with Gasteiger partial charge in [0.15, 0.2) is 11.3 Å². The normalized spacial score (nSPS) is 14.2. The van der Waals surface area contributed by atoms with Gasteiger partial charge in [0.25, 0.3) is 0 Å². The van der Waals surface area contributed by atoms with Gasteiger partial charge in [-0.15, -0.1) is 0 Å². The van der Waals surface area contributed by atoms with Crippen molar-refractivity contribution in [2.45, 2.75) is 31.6 Å². The average molecular weight is 643 g/mol. The zero-order valence-electron chi connectivity index (χ0n) is 24.8. The van der Waals surface area contributed by atoms with Gasteiger partial charge in [0.2, 0.25) is 0 Å². The Bertz CT molecular complexity index is 2030. The molecule has 1 aliphatic heterocycles. The molecular formula is C32H29F3N10O2. The van der Waals surface area contributed by atoms with Gasteiger partial charge < -0.3 is 16.6 Å². The lowest BCUT2D eigenvalue weighted by Crippen LogP contribution is -2.34. The number of alkyl halides is 3. The number of hydrogen-bond acceptors (Lipinski definition) is 10. The largest absolute Gasteiger partial charge is 0.490 e. The van der Waals surface area contributed by atoms with E-state index in [9.17, 15) is 13.2 Å². The van der Waals surface area contributed by atoms with Gasteiger partial charge in [0.1, 0.15) is 24.3 Å². The topological polar surface area (TPSA) is 175 Å². The summed E-state index contributed by atoms with van der Waals surface area (Å²) in [6.07, 6.45) is 1.67. The lowest BCUT2D eigenvalue weighted by Gasteiger charge is -2.32. The molecule has 0 saturated carbocycles. The minimum Gasteiger partial charge on any atom is -0.475 e. The van der Waals surface area contributed by atoms with E-state index < -0.39 is 12.1 Å². The molecule has 5 N–H and O–H groups in total. The first kappa shape index (κ1) is 31.3. The van der Waals surface area contributed by atoms with Crippen LogP contribution < -0.4 is 11.5 Å². The molecule has 7 rings (SSSR count). The molecule has 1 aliphatic rings. The van der Waals surface area contributed by atoms with Gasteiger partial charge in [-0.3, -0.25) is 4.90 Å². The maximum Gasteiger partial charge on any atom is 0.490 e. The number of nitrogen functional groups attached to an aromatic ring is 2. The van der Waals surface area contributed by atoms with Crippen molar-refractivity contribution in [3.05, 3.63) is 85.1 Å². The first-order valence-electron chi connectivity index (χ1n) is 14.6. The maximum atomic E-state index is 10.6. The van der Waals surface area contributed by atoms with Crippen LogP contribution in [-0.2, 0) is 11.3 Å². The molecule has 1 saturated heterocycles. The smallest absolute Gasteiger partial charge is 0.475 e. The van der Waals surface area contributed by atoms with Crippen LogP contribution in [0.15, 0.2) is 79.5 Å². The number of aromatic nitrogens is 7. The average Bonchev–Trinajstić information content (AvgIpc) is 3.51. The third-order valence-corrected chi connectivity index (χ3v) is 7.94. The SMILES string of the molecule is Nc1ncnc2nc(-c3ccc(CN4CCC(n5ncc6c(N)ncnc65)CC4)cc3)c(-c3ccccc3)cc12.O=C(O)C(F)(F)F. The molecule has 47 heavy (non-hydrogen) atoms. The fraction of sp³-hybridized carbons (Fsp3) is 0.219. The lowest BCUT2D eigenvalue weighted by molar-refractivity contribution is -0.192. The van der Waals surface area contributed by atoms with Crippen molar-refractivity contribution < 1.29 is 23.1 Å². The predicted octanol–water partition coefficient (Wildman–Crippen LogP) is 5.13. The summed E-state index contributed by atoms with van der Waals surface area (Å²) in [6, 6.07) is 21.2. The van der Waals surface area contributed by atoms with Crippen molar-refractivity contribution in [1.29, 1.82) is 0 Å². The second kappa shape index (κ2) is 13.0. The zero-order chi connectivity index (χ0) is 33.1. The summed E-state index contributed by atoms with van der Waals surface area (Å²) in [4.78, 5) is 33.3. The molecule has 0 spiro atoms. The van der Waals surface area contributed by atoms with Crippen molar-refractivity contribution in [1.82, 2.24) is 39.6 Å². The van der Waals surface area contributed by atoms with Gasteiger partial charge in [0, 0.05) is 30.8 Å². The Morgan fingerprint density at radius 3 is 2.17 bits per heavy atom. The fourth-order valence-corrected chi connectivity index (χ4v) is 5.56. The number of fused-ring (bicyclic) bond motifs is 2. The van der Waals surface area contributed by atoms with Gasteiger partial charge in [-0.25, -0.2) is 34.4 Å². The van der Waals surface area contributed by atoms with E-state index in [0.717, 1.165) is 71.3 Å². The fourth-order valence-electron chi connectivity index (χ4n) is 5.56. The minimum absolute atomic E-state index is 0.304. The number of piperidine rings is 1. The number of anilines is 2. The summed E-state index contributed by atoms with van der Waals surface area (Å²) >= 11 is 0. The predicted molar refractivity (Wildman–Crippen MR) is 170 cm³/mol. The van der Waals surface area contributed by atoms with Crippen LogP contribution in [0.4, 0.5) is 24.8 Å². The number of nitrogens with zero attached hydrogens (tertiary/aromatic N) is 8. The van der Waals surface area contributed by atoms with Gasteiger partial charge in [0.05, 0.1) is 28.7 Å². The highest BCUT2D eigenvalue weighted by Crippen LogP contribution is 2.34. The Morgan fingerprint density at radius 1 is 0.872 bits per heavy atom. The number of hydrogen-bond donors (Lipinski definition) is 3. The highest BCUT2D eigenvalue weighted by atomic mass is 19.4. The highest BCUT2D eigenvalue weighted by molar-refractivity contribution is 5.94. The van der Waals surface area contributed by atoms with Crippen LogP contribution >= 0.6 is 0 Å². The number of carboxylic acid groups (broad SMARTS) is 1. The number of halogens is 3. The number of nitrogens with two attached hydrogens (primary N) is 2. The molecule has 240 valence electrons. The number of pyridine rings is 1. The molecule has 0 unspecified atom stereocenters. The standard InChI is InChI=1S/C30H28N10.C2HF3O2/c31-27-24-14-23(20-4-2-1-3-5-20)26(38-29(24)35-17-33-27)21-8-6-19(7-9-21)16-39-12-10-22(11-13-39)40-30-25(15-37-40)28(32)34-18-36-30;3-2(4,5)1(6)7/h1-9,14-15,17-18,22H,10-13,16H2,(H2,32,34,36)(H2,31,33,35,38);(H,6,7). The molecule has 0 bridgehead atoms. The molecule has 4 aromatic heterocycles. The van der Waals surface area contributed by atoms with E-state index in [0.29, 0.717) is 23.3 Å². The van der Waals surface area contributed by atoms with Gasteiger partial charge in [-0.2, -0.15) is 18.3 Å². The van der Waals surface area contributed by atoms with E-state index >= 15 is 0 Å². The number of carboxylic acids is 1. The van der Waals surface area contributed by atoms with Crippen molar-refractivity contribution >= 4 is 39.7 Å². The van der Waals surface area contributed by atoms with E-state index in [-0.39, 0.29) is 0 Å². The number of likely N-dealkylation sites (tertiary alicyclic amines) is 1. The molecule has 0 aliphatic carbocycles. The highest BCUT2D eigenvalue weighted by Gasteiger charge is 2.38. The Kier molecular flexibility index (Phi) is 8.63. The summed E-state index contributed by atoms with van der Waals surface area (Å²) in [6.45, 7) is 2.86. The van der Waals surface area contributed by atoms with Crippen molar-refractivity contribution in [3.8, 4) is 22.4 Å². The van der Waals surface area contributed by atoms with Gasteiger partial charge in [-0.05, 0) is 30.0 Å². The number of benzene rings is 2. The van der Waals surface area contributed by atoms with Crippen LogP contribution in [0.1, 0.15) is 24.4 Å². The summed E-state index contributed by atoms with van der Waals surface area (Å²) in [5.74, 6) is -1.85. The number of carbonyl (C=O) groups is 1. The first-order valence-corrected chi connectivity index (χ1v) is 14.6. The zero-order valence-corrected chi connectivity index (χ0v) is 24.8. The van der Waals surface area contributed by atoms with E-state index in [4.69, 9.17) is 26.4 Å². The van der Waals surface area contributed by atoms with E-state index in [1.165, 1.54) is 18.2 Å². The summed E-state index contributed by atoms with van der Waals surface area (Å²) < 4.78 is 33.7. The van der Waals surface area contributed by atoms with Crippen LogP contribution in [0.5, 0.6) is 0 Å². The van der Waals surface area contributed by atoms with Crippen LogP contribution in [0.25, 0.3) is 44.5 Å². The molecule has 6 aromatic rings. The molecule has 1 fully saturated rings. The van der Waals surface area contributed by atoms with Crippen molar-refractivity contribution in [2.24, 2.45) is 0 Å². The van der Waals surface area contributed by atoms with Crippen LogP contribution in [0, 0.1) is 0 Å². The Balaban J connectivity index is 0.000000499. The van der Waals surface area contributed by atoms with E-state index in [2.05, 4.69) is 66.3 Å². The first-order chi connectivity index (χ1) is 22.6. The van der Waals surface area contributed by atoms with Crippen molar-refractivity contribution in [2.75, 3.05) is 24.6 Å². The summed E-state index contributed by atoms with van der Waals surface area (Å²) in [5.41, 5.74) is 18.8. The molecule has 5 heterocycles. The van der Waals surface area contributed by atoms with Gasteiger partial charge in [-0.1, -0.05) is 54.6 Å². The molecule has 2 aromatic carbocycles. The molecule has 0 atom stereocenters. The molecule has 0 amide bonds. The number of rotatable bonds is 5. The Labute approximate surface area is 265 Å². The van der Waals surface area contributed by atoms with Crippen LogP contribution in [0.2, 0.25) is 0 Å². The third kappa shape index (κ3) is 6.79. The quantitative estimate of drug-likeness (QED) is 0.227. The molecule has 12 nitrogen and oxygen atoms in total. The maximum absolute atomic E-state index is 10.6. The summed E-state index contributed by atoms with van der Waals surface area (Å²) in [5, 5.41) is 13.3. The van der Waals surface area contributed by atoms with Crippen LogP contribution in [-0.4, -0.2) is 69.9 Å². The third-order valence-electron chi connectivity index (χ3n) is 7.94. The molecular weight excluding hydrogens is 613 g/mol. The van der Waals surface area contributed by atoms with Crippen molar-refractivity contribution in [3.63, 3.8) is 0 Å². The lowest BCUT2D eigenvalue weighted by atomic mass is 9.97. The molecule has 15 heteroatoms. The van der Waals surface area contributed by atoms with E-state index in [1.807, 2.05) is 28.9 Å². The Hall–Kier alpha value is -5.70. The minimum atomic E-state index is -5.08. The second-order valence-corrected chi connectivity index (χ2v) is 11.0. The van der Waals surface area contributed by atoms with Crippen LogP contribution in [0.3, 0.4) is 0 Å². The second-order valence-electron chi connectivity index (χ2n) is 11.0.